The van der Waals surface area contributed by atoms with Gasteiger partial charge in [-0.15, -0.1) is 0 Å². The van der Waals surface area contributed by atoms with Gasteiger partial charge in [0.15, 0.2) is 0 Å². The largest absolute Gasteiger partial charge is 0.383 e. The van der Waals surface area contributed by atoms with Crippen LogP contribution in [-0.2, 0) is 11.3 Å². The molecule has 0 unspecified atom stereocenters. The molecule has 1 amide bonds. The molecule has 0 spiro atoms. The Kier molecular flexibility index (Phi) is 5.66. The van der Waals surface area contributed by atoms with Crippen LogP contribution in [0.4, 0.5) is 5.69 Å². The molecule has 2 N–H and O–H groups in total. The Hall–Kier alpha value is -2.47. The molecule has 2 aromatic heterocycles. The number of anilines is 1. The summed E-state index contributed by atoms with van der Waals surface area (Å²) in [5, 5.41) is 5.95. The van der Waals surface area contributed by atoms with E-state index in [-0.39, 0.29) is 5.91 Å². The lowest BCUT2D eigenvalue weighted by atomic mass is 10.3. The van der Waals surface area contributed by atoms with Gasteiger partial charge < -0.3 is 15.4 Å². The number of hydrogen-bond donors (Lipinski definition) is 2. The van der Waals surface area contributed by atoms with Crippen molar-refractivity contribution >= 4 is 11.6 Å². The predicted molar refractivity (Wildman–Crippen MR) is 80.0 cm³/mol. The van der Waals surface area contributed by atoms with Crippen molar-refractivity contribution in [3.63, 3.8) is 0 Å². The predicted octanol–water partition coefficient (Wildman–Crippen LogP) is 1.46. The molecule has 0 aliphatic carbocycles. The van der Waals surface area contributed by atoms with E-state index in [1.165, 1.54) is 0 Å². The smallest absolute Gasteiger partial charge is 0.270 e. The van der Waals surface area contributed by atoms with Crippen LogP contribution in [0.25, 0.3) is 0 Å². The van der Waals surface area contributed by atoms with E-state index in [2.05, 4.69) is 20.6 Å². The quantitative estimate of drug-likeness (QED) is 0.754. The molecular weight excluding hydrogens is 268 g/mol. The molecular formula is C15H18N4O2. The van der Waals surface area contributed by atoms with Gasteiger partial charge in [0.2, 0.25) is 0 Å². The highest BCUT2D eigenvalue weighted by atomic mass is 16.5. The molecule has 0 aliphatic heterocycles. The fourth-order valence-electron chi connectivity index (χ4n) is 1.73. The first-order valence-electron chi connectivity index (χ1n) is 6.66. The molecule has 2 rings (SSSR count). The van der Waals surface area contributed by atoms with Crippen LogP contribution >= 0.6 is 0 Å². The number of aromatic nitrogens is 2. The monoisotopic (exact) mass is 286 g/mol. The van der Waals surface area contributed by atoms with Gasteiger partial charge >= 0.3 is 0 Å². The molecule has 0 fully saturated rings. The summed E-state index contributed by atoms with van der Waals surface area (Å²) in [7, 11) is 1.64. The fourth-order valence-corrected chi connectivity index (χ4v) is 1.73. The molecule has 0 aliphatic rings. The van der Waals surface area contributed by atoms with Crippen molar-refractivity contribution in [1.29, 1.82) is 0 Å². The summed E-state index contributed by atoms with van der Waals surface area (Å²) in [4.78, 5) is 20.3. The van der Waals surface area contributed by atoms with Gasteiger partial charge in [-0.3, -0.25) is 14.8 Å². The van der Waals surface area contributed by atoms with Crippen LogP contribution < -0.4 is 10.6 Å². The molecule has 0 saturated heterocycles. The summed E-state index contributed by atoms with van der Waals surface area (Å²) in [6, 6.07) is 9.10. The third kappa shape index (κ3) is 4.85. The molecule has 2 aromatic rings. The minimum absolute atomic E-state index is 0.226. The topological polar surface area (TPSA) is 76.1 Å². The highest BCUT2D eigenvalue weighted by Crippen LogP contribution is 2.07. The molecule has 110 valence electrons. The molecule has 21 heavy (non-hydrogen) atoms. The lowest BCUT2D eigenvalue weighted by molar-refractivity contribution is 0.0945. The number of nitrogens with zero attached hydrogens (tertiary/aromatic N) is 2. The zero-order chi connectivity index (χ0) is 14.9. The van der Waals surface area contributed by atoms with Gasteiger partial charge in [-0.25, -0.2) is 0 Å². The molecule has 2 heterocycles. The Morgan fingerprint density at radius 2 is 2.14 bits per heavy atom. The minimum Gasteiger partial charge on any atom is -0.383 e. The average Bonchev–Trinajstić information content (AvgIpc) is 2.54. The van der Waals surface area contributed by atoms with Crippen LogP contribution in [0.3, 0.4) is 0 Å². The van der Waals surface area contributed by atoms with Crippen LogP contribution in [0.1, 0.15) is 16.2 Å². The first-order chi connectivity index (χ1) is 10.3. The van der Waals surface area contributed by atoms with Crippen LogP contribution in [0, 0.1) is 0 Å². The third-order valence-corrected chi connectivity index (χ3v) is 2.78. The van der Waals surface area contributed by atoms with Gasteiger partial charge in [0, 0.05) is 31.7 Å². The zero-order valence-corrected chi connectivity index (χ0v) is 11.9. The summed E-state index contributed by atoms with van der Waals surface area (Å²) in [6.45, 7) is 1.65. The maximum Gasteiger partial charge on any atom is 0.270 e. The van der Waals surface area contributed by atoms with Gasteiger partial charge in [0.05, 0.1) is 18.8 Å². The lowest BCUT2D eigenvalue weighted by Crippen LogP contribution is -2.24. The molecule has 0 saturated carbocycles. The van der Waals surface area contributed by atoms with E-state index in [1.807, 2.05) is 24.3 Å². The number of ether oxygens (including phenoxy) is 1. The summed E-state index contributed by atoms with van der Waals surface area (Å²) < 4.78 is 4.96. The number of carbonyl (C=O) groups excluding carboxylic acids is 1. The number of pyridine rings is 2. The van der Waals surface area contributed by atoms with Gasteiger partial charge in [-0.05, 0) is 24.3 Å². The van der Waals surface area contributed by atoms with E-state index in [1.54, 1.807) is 25.6 Å². The van der Waals surface area contributed by atoms with E-state index < -0.39 is 0 Å². The maximum atomic E-state index is 12.0. The molecule has 6 heteroatoms. The minimum atomic E-state index is -0.226. The third-order valence-electron chi connectivity index (χ3n) is 2.78. The SMILES string of the molecule is COCCNc1ccnc(C(=O)NCc2ccccn2)c1. The second-order valence-electron chi connectivity index (χ2n) is 4.35. The first-order valence-corrected chi connectivity index (χ1v) is 6.66. The van der Waals surface area contributed by atoms with E-state index in [0.29, 0.717) is 25.4 Å². The maximum absolute atomic E-state index is 12.0. The van der Waals surface area contributed by atoms with Crippen molar-refractivity contribution in [2.75, 3.05) is 25.6 Å². The van der Waals surface area contributed by atoms with E-state index in [9.17, 15) is 4.79 Å². The second-order valence-corrected chi connectivity index (χ2v) is 4.35. The van der Waals surface area contributed by atoms with Crippen molar-refractivity contribution < 1.29 is 9.53 Å². The molecule has 0 radical (unpaired) electrons. The van der Waals surface area contributed by atoms with Crippen LogP contribution in [-0.4, -0.2) is 36.1 Å². The zero-order valence-electron chi connectivity index (χ0n) is 11.9. The fraction of sp³-hybridized carbons (Fsp3) is 0.267. The Morgan fingerprint density at radius 3 is 2.90 bits per heavy atom. The lowest BCUT2D eigenvalue weighted by Gasteiger charge is -2.08. The first kappa shape index (κ1) is 14.9. The number of rotatable bonds is 7. The highest BCUT2D eigenvalue weighted by molar-refractivity contribution is 5.93. The molecule has 6 nitrogen and oxygen atoms in total. The van der Waals surface area contributed by atoms with Crippen LogP contribution in [0.2, 0.25) is 0 Å². The van der Waals surface area contributed by atoms with Gasteiger partial charge in [-0.2, -0.15) is 0 Å². The average molecular weight is 286 g/mol. The number of carbonyl (C=O) groups is 1. The van der Waals surface area contributed by atoms with Gasteiger partial charge in [0.25, 0.3) is 5.91 Å². The molecule has 0 atom stereocenters. The Labute approximate surface area is 123 Å². The molecule has 0 bridgehead atoms. The van der Waals surface area contributed by atoms with Crippen molar-refractivity contribution in [3.8, 4) is 0 Å². The number of nitrogens with one attached hydrogen (secondary N) is 2. The summed E-state index contributed by atoms with van der Waals surface area (Å²) >= 11 is 0. The van der Waals surface area contributed by atoms with E-state index >= 15 is 0 Å². The Morgan fingerprint density at radius 1 is 1.24 bits per heavy atom. The Balaban J connectivity index is 1.91. The standard InChI is InChI=1S/C15H18N4O2/c1-21-9-8-17-12-5-7-18-14(10-12)15(20)19-11-13-4-2-3-6-16-13/h2-7,10H,8-9,11H2,1H3,(H,17,18)(H,19,20). The van der Waals surface area contributed by atoms with Crippen LogP contribution in [0.15, 0.2) is 42.7 Å². The van der Waals surface area contributed by atoms with Crippen molar-refractivity contribution in [3.05, 3.63) is 54.1 Å². The van der Waals surface area contributed by atoms with Gasteiger partial charge in [-0.1, -0.05) is 6.07 Å². The number of methoxy groups -OCH3 is 1. The van der Waals surface area contributed by atoms with Crippen molar-refractivity contribution in [1.82, 2.24) is 15.3 Å². The molecule has 0 aromatic carbocycles. The number of hydrogen-bond acceptors (Lipinski definition) is 5. The van der Waals surface area contributed by atoms with Crippen molar-refractivity contribution in [2.45, 2.75) is 6.54 Å². The van der Waals surface area contributed by atoms with E-state index in [0.717, 1.165) is 11.4 Å². The van der Waals surface area contributed by atoms with Gasteiger partial charge in [0.1, 0.15) is 5.69 Å². The second kappa shape index (κ2) is 7.96. The number of amides is 1. The Bertz CT molecular complexity index is 575. The summed E-state index contributed by atoms with van der Waals surface area (Å²) in [5.41, 5.74) is 2.01. The highest BCUT2D eigenvalue weighted by Gasteiger charge is 2.07. The van der Waals surface area contributed by atoms with E-state index in [4.69, 9.17) is 4.74 Å². The normalized spacial score (nSPS) is 10.1. The van der Waals surface area contributed by atoms with Crippen LogP contribution in [0.5, 0.6) is 0 Å². The summed E-state index contributed by atoms with van der Waals surface area (Å²) in [5.74, 6) is -0.226. The summed E-state index contributed by atoms with van der Waals surface area (Å²) in [6.07, 6.45) is 3.30. The van der Waals surface area contributed by atoms with Crippen molar-refractivity contribution in [2.24, 2.45) is 0 Å².